The Morgan fingerprint density at radius 2 is 2.00 bits per heavy atom. The van der Waals surface area contributed by atoms with E-state index in [1.54, 1.807) is 11.8 Å². The minimum Gasteiger partial charge on any atom is -0.387 e. The van der Waals surface area contributed by atoms with E-state index in [1.165, 1.54) is 10.5 Å². The number of aryl methyl sites for hydroxylation is 1. The Hall–Kier alpha value is -0.960. The van der Waals surface area contributed by atoms with Crippen molar-refractivity contribution >= 4 is 17.6 Å². The lowest BCUT2D eigenvalue weighted by Crippen LogP contribution is -2.23. The standard InChI is InChI=1S/C11H16N2S/c1-3-10(11(12)13)14-9-6-4-8(2)5-7-9/h4-7,10H,3H2,1-2H3,(H3,12,13). The number of amidine groups is 1. The van der Waals surface area contributed by atoms with Gasteiger partial charge >= 0.3 is 0 Å². The highest BCUT2D eigenvalue weighted by Gasteiger charge is 2.10. The summed E-state index contributed by atoms with van der Waals surface area (Å²) in [6, 6.07) is 8.31. The summed E-state index contributed by atoms with van der Waals surface area (Å²) in [6.45, 7) is 4.12. The van der Waals surface area contributed by atoms with Gasteiger partial charge in [0.1, 0.15) is 5.84 Å². The fourth-order valence-corrected chi connectivity index (χ4v) is 2.06. The smallest absolute Gasteiger partial charge is 0.104 e. The maximum Gasteiger partial charge on any atom is 0.104 e. The summed E-state index contributed by atoms with van der Waals surface area (Å²) in [6.07, 6.45) is 0.897. The van der Waals surface area contributed by atoms with Gasteiger partial charge in [-0.15, -0.1) is 11.8 Å². The summed E-state index contributed by atoms with van der Waals surface area (Å²) in [5.41, 5.74) is 6.74. The molecule has 0 aromatic heterocycles. The number of thioether (sulfide) groups is 1. The SMILES string of the molecule is CCC(Sc1ccc(C)cc1)C(=N)N. The molecule has 2 nitrogen and oxygen atoms in total. The van der Waals surface area contributed by atoms with Gasteiger partial charge in [-0.2, -0.15) is 0 Å². The average molecular weight is 208 g/mol. The molecule has 0 aliphatic carbocycles. The van der Waals surface area contributed by atoms with Crippen molar-refractivity contribution in [3.05, 3.63) is 29.8 Å². The quantitative estimate of drug-likeness (QED) is 0.454. The van der Waals surface area contributed by atoms with E-state index >= 15 is 0 Å². The largest absolute Gasteiger partial charge is 0.387 e. The molecule has 1 atom stereocenters. The summed E-state index contributed by atoms with van der Waals surface area (Å²) in [4.78, 5) is 1.18. The van der Waals surface area contributed by atoms with E-state index in [4.69, 9.17) is 11.1 Å². The van der Waals surface area contributed by atoms with Gasteiger partial charge in [-0.3, -0.25) is 5.41 Å². The van der Waals surface area contributed by atoms with E-state index in [0.29, 0.717) is 0 Å². The van der Waals surface area contributed by atoms with Crippen molar-refractivity contribution in [1.82, 2.24) is 0 Å². The molecule has 0 bridgehead atoms. The molecule has 14 heavy (non-hydrogen) atoms. The van der Waals surface area contributed by atoms with Crippen molar-refractivity contribution in [2.24, 2.45) is 5.73 Å². The first-order valence-corrected chi connectivity index (χ1v) is 5.58. The van der Waals surface area contributed by atoms with Crippen molar-refractivity contribution in [3.63, 3.8) is 0 Å². The molecule has 0 aliphatic rings. The lowest BCUT2D eigenvalue weighted by atomic mass is 10.2. The number of nitrogens with two attached hydrogens (primary N) is 1. The fraction of sp³-hybridized carbons (Fsp3) is 0.364. The molecule has 0 radical (unpaired) electrons. The van der Waals surface area contributed by atoms with Crippen molar-refractivity contribution in [3.8, 4) is 0 Å². The van der Waals surface area contributed by atoms with Gasteiger partial charge in [0.2, 0.25) is 0 Å². The number of hydrogen-bond donors (Lipinski definition) is 2. The maximum absolute atomic E-state index is 7.40. The monoisotopic (exact) mass is 208 g/mol. The summed E-state index contributed by atoms with van der Waals surface area (Å²) < 4.78 is 0. The van der Waals surface area contributed by atoms with E-state index in [0.717, 1.165) is 6.42 Å². The Balaban J connectivity index is 2.67. The maximum atomic E-state index is 7.40. The fourth-order valence-electron chi connectivity index (χ4n) is 1.15. The lowest BCUT2D eigenvalue weighted by molar-refractivity contribution is 0.991. The molecular formula is C11H16N2S. The molecule has 1 unspecified atom stereocenters. The second-order valence-electron chi connectivity index (χ2n) is 3.28. The van der Waals surface area contributed by atoms with Crippen LogP contribution in [-0.2, 0) is 0 Å². The average Bonchev–Trinajstić information content (AvgIpc) is 2.16. The van der Waals surface area contributed by atoms with Crippen LogP contribution in [0.15, 0.2) is 29.2 Å². The van der Waals surface area contributed by atoms with Crippen molar-refractivity contribution in [1.29, 1.82) is 5.41 Å². The Kier molecular flexibility index (Phi) is 4.01. The normalized spacial score (nSPS) is 12.4. The van der Waals surface area contributed by atoms with E-state index in [9.17, 15) is 0 Å². The van der Waals surface area contributed by atoms with Crippen molar-refractivity contribution in [2.75, 3.05) is 0 Å². The number of hydrogen-bond acceptors (Lipinski definition) is 2. The van der Waals surface area contributed by atoms with E-state index in [-0.39, 0.29) is 11.1 Å². The van der Waals surface area contributed by atoms with Crippen LogP contribution in [0, 0.1) is 12.3 Å². The molecule has 0 saturated heterocycles. The molecule has 0 aliphatic heterocycles. The summed E-state index contributed by atoms with van der Waals surface area (Å²) >= 11 is 1.66. The molecule has 0 spiro atoms. The van der Waals surface area contributed by atoms with Crippen LogP contribution in [0.3, 0.4) is 0 Å². The third-order valence-corrected chi connectivity index (χ3v) is 3.43. The van der Waals surface area contributed by atoms with Crippen LogP contribution in [-0.4, -0.2) is 11.1 Å². The highest BCUT2D eigenvalue weighted by Crippen LogP contribution is 2.25. The molecule has 0 amide bonds. The van der Waals surface area contributed by atoms with Crippen LogP contribution in [0.5, 0.6) is 0 Å². The van der Waals surface area contributed by atoms with Gasteiger partial charge in [0, 0.05) is 4.90 Å². The van der Waals surface area contributed by atoms with Gasteiger partial charge in [0.05, 0.1) is 5.25 Å². The van der Waals surface area contributed by atoms with Gasteiger partial charge in [-0.25, -0.2) is 0 Å². The van der Waals surface area contributed by atoms with Crippen LogP contribution in [0.25, 0.3) is 0 Å². The minimum absolute atomic E-state index is 0.109. The second-order valence-corrected chi connectivity index (χ2v) is 4.56. The summed E-state index contributed by atoms with van der Waals surface area (Å²) in [7, 11) is 0. The Labute approximate surface area is 89.4 Å². The molecular weight excluding hydrogens is 192 g/mol. The first-order chi connectivity index (χ1) is 6.63. The van der Waals surface area contributed by atoms with Gasteiger partial charge in [0.15, 0.2) is 0 Å². The Morgan fingerprint density at radius 1 is 1.43 bits per heavy atom. The van der Waals surface area contributed by atoms with Crippen LogP contribution < -0.4 is 5.73 Å². The van der Waals surface area contributed by atoms with Crippen LogP contribution in [0.1, 0.15) is 18.9 Å². The number of nitrogens with one attached hydrogen (secondary N) is 1. The van der Waals surface area contributed by atoms with Gasteiger partial charge < -0.3 is 5.73 Å². The molecule has 1 aromatic carbocycles. The predicted octanol–water partition coefficient (Wildman–Crippen LogP) is 2.80. The van der Waals surface area contributed by atoms with Gasteiger partial charge in [-0.1, -0.05) is 24.6 Å². The molecule has 0 fully saturated rings. The minimum atomic E-state index is 0.109. The van der Waals surface area contributed by atoms with Gasteiger partial charge in [-0.05, 0) is 25.5 Å². The third kappa shape index (κ3) is 3.07. The highest BCUT2D eigenvalue weighted by molar-refractivity contribution is 8.00. The van der Waals surface area contributed by atoms with Crippen LogP contribution in [0.2, 0.25) is 0 Å². The first kappa shape index (κ1) is 11.1. The first-order valence-electron chi connectivity index (χ1n) is 4.70. The van der Waals surface area contributed by atoms with Crippen LogP contribution >= 0.6 is 11.8 Å². The molecule has 3 N–H and O–H groups in total. The van der Waals surface area contributed by atoms with E-state index in [1.807, 2.05) is 6.92 Å². The zero-order chi connectivity index (χ0) is 10.6. The molecule has 76 valence electrons. The number of benzene rings is 1. The highest BCUT2D eigenvalue weighted by atomic mass is 32.2. The summed E-state index contributed by atoms with van der Waals surface area (Å²) in [5, 5.41) is 7.51. The topological polar surface area (TPSA) is 49.9 Å². The van der Waals surface area contributed by atoms with Crippen molar-refractivity contribution < 1.29 is 0 Å². The number of rotatable bonds is 4. The molecule has 0 saturated carbocycles. The molecule has 0 heterocycles. The molecule has 1 rings (SSSR count). The second kappa shape index (κ2) is 5.05. The Morgan fingerprint density at radius 3 is 2.43 bits per heavy atom. The zero-order valence-electron chi connectivity index (χ0n) is 8.58. The van der Waals surface area contributed by atoms with E-state index < -0.39 is 0 Å². The lowest BCUT2D eigenvalue weighted by Gasteiger charge is -2.12. The molecule has 3 heteroatoms. The van der Waals surface area contributed by atoms with E-state index in [2.05, 4.69) is 31.2 Å². The Bertz CT molecular complexity index is 306. The van der Waals surface area contributed by atoms with Crippen LogP contribution in [0.4, 0.5) is 0 Å². The molecule has 1 aromatic rings. The predicted molar refractivity (Wildman–Crippen MR) is 63.0 cm³/mol. The van der Waals surface area contributed by atoms with Gasteiger partial charge in [0.25, 0.3) is 0 Å². The third-order valence-electron chi connectivity index (χ3n) is 2.02. The zero-order valence-corrected chi connectivity index (χ0v) is 9.40. The summed E-state index contributed by atoms with van der Waals surface area (Å²) in [5.74, 6) is 0.262. The van der Waals surface area contributed by atoms with Crippen molar-refractivity contribution in [2.45, 2.75) is 30.4 Å².